The summed E-state index contributed by atoms with van der Waals surface area (Å²) >= 11 is 5.59. The minimum absolute atomic E-state index is 0. The summed E-state index contributed by atoms with van der Waals surface area (Å²) in [6.07, 6.45) is 2.22. The quantitative estimate of drug-likeness (QED) is 0.823. The molecule has 0 bridgehead atoms. The summed E-state index contributed by atoms with van der Waals surface area (Å²) in [5.74, 6) is 0.222. The Morgan fingerprint density at radius 3 is 2.00 bits per heavy atom. The van der Waals surface area contributed by atoms with Gasteiger partial charge in [-0.1, -0.05) is 32.9 Å². The molecule has 0 aromatic heterocycles. The Bertz CT molecular complexity index is 235. The van der Waals surface area contributed by atoms with Crippen LogP contribution >= 0.6 is 11.6 Å². The zero-order chi connectivity index (χ0) is 11.8. The topological polar surface area (TPSA) is 46.2 Å². The van der Waals surface area contributed by atoms with Crippen molar-refractivity contribution in [1.82, 2.24) is 0 Å². The van der Waals surface area contributed by atoms with Gasteiger partial charge >= 0.3 is 0 Å². The van der Waals surface area contributed by atoms with Crippen LogP contribution in [0, 0.1) is 6.92 Å². The lowest BCUT2D eigenvalue weighted by Crippen LogP contribution is -2.16. The van der Waals surface area contributed by atoms with Crippen LogP contribution in [0.5, 0.6) is 5.75 Å². The van der Waals surface area contributed by atoms with Crippen molar-refractivity contribution in [3.05, 3.63) is 28.8 Å². The molecule has 0 aliphatic carbocycles. The Morgan fingerprint density at radius 1 is 1.25 bits per heavy atom. The predicted molar refractivity (Wildman–Crippen MR) is 73.1 cm³/mol. The van der Waals surface area contributed by atoms with E-state index in [0.29, 0.717) is 11.1 Å². The molecule has 94 valence electrons. The van der Waals surface area contributed by atoms with Crippen molar-refractivity contribution in [2.75, 3.05) is 0 Å². The van der Waals surface area contributed by atoms with Crippen molar-refractivity contribution in [2.45, 2.75) is 47.1 Å². The third-order valence-electron chi connectivity index (χ3n) is 2.08. The van der Waals surface area contributed by atoms with E-state index in [9.17, 15) is 0 Å². The van der Waals surface area contributed by atoms with Crippen LogP contribution in [0.4, 0.5) is 0 Å². The van der Waals surface area contributed by atoms with Gasteiger partial charge in [0, 0.05) is 11.1 Å². The SMILES string of the molecule is C.CCC(N)CC.Cc1cc(O)cc(Cl)c1. The number of aryl methyl sites for hydroxylation is 1. The van der Waals surface area contributed by atoms with E-state index in [1.807, 2.05) is 6.92 Å². The molecule has 0 atom stereocenters. The van der Waals surface area contributed by atoms with Gasteiger partial charge in [0.25, 0.3) is 0 Å². The molecule has 0 heterocycles. The molecule has 1 aromatic rings. The first-order valence-electron chi connectivity index (χ1n) is 5.21. The van der Waals surface area contributed by atoms with E-state index < -0.39 is 0 Å². The van der Waals surface area contributed by atoms with Crippen LogP contribution in [0.2, 0.25) is 5.02 Å². The number of phenolic OH excluding ortho intramolecular Hbond substituents is 1. The number of benzene rings is 1. The molecule has 16 heavy (non-hydrogen) atoms. The second-order valence-corrected chi connectivity index (χ2v) is 4.00. The number of rotatable bonds is 2. The van der Waals surface area contributed by atoms with Crippen LogP contribution in [0.1, 0.15) is 39.7 Å². The van der Waals surface area contributed by atoms with Crippen LogP contribution in [0.3, 0.4) is 0 Å². The van der Waals surface area contributed by atoms with Gasteiger partial charge in [-0.25, -0.2) is 0 Å². The number of nitrogens with two attached hydrogens (primary N) is 1. The summed E-state index contributed by atoms with van der Waals surface area (Å²) in [6.45, 7) is 6.09. The van der Waals surface area contributed by atoms with Gasteiger partial charge in [-0.05, 0) is 43.5 Å². The van der Waals surface area contributed by atoms with Crippen LogP contribution in [-0.4, -0.2) is 11.1 Å². The average Bonchev–Trinajstić information content (AvgIpc) is 2.15. The van der Waals surface area contributed by atoms with Crippen molar-refractivity contribution < 1.29 is 5.11 Å². The summed E-state index contributed by atoms with van der Waals surface area (Å²) in [4.78, 5) is 0. The third-order valence-corrected chi connectivity index (χ3v) is 2.29. The van der Waals surface area contributed by atoms with Crippen molar-refractivity contribution in [2.24, 2.45) is 5.73 Å². The molecule has 0 fully saturated rings. The van der Waals surface area contributed by atoms with Gasteiger partial charge in [0.1, 0.15) is 5.75 Å². The summed E-state index contributed by atoms with van der Waals surface area (Å²) in [6, 6.07) is 5.40. The van der Waals surface area contributed by atoms with Gasteiger partial charge in [0.05, 0.1) is 0 Å². The average molecular weight is 246 g/mol. The van der Waals surface area contributed by atoms with E-state index in [1.54, 1.807) is 12.1 Å². The molecule has 0 aliphatic heterocycles. The first-order valence-corrected chi connectivity index (χ1v) is 5.59. The van der Waals surface area contributed by atoms with Gasteiger partial charge in [-0.15, -0.1) is 0 Å². The highest BCUT2D eigenvalue weighted by molar-refractivity contribution is 6.30. The van der Waals surface area contributed by atoms with E-state index in [-0.39, 0.29) is 13.2 Å². The highest BCUT2D eigenvalue weighted by Gasteiger charge is 1.91. The number of hydrogen-bond donors (Lipinski definition) is 2. The van der Waals surface area contributed by atoms with E-state index in [0.717, 1.165) is 18.4 Å². The lowest BCUT2D eigenvalue weighted by molar-refractivity contribution is 0.475. The van der Waals surface area contributed by atoms with Crippen LogP contribution in [0.15, 0.2) is 18.2 Å². The maximum Gasteiger partial charge on any atom is 0.117 e. The largest absolute Gasteiger partial charge is 0.508 e. The minimum Gasteiger partial charge on any atom is -0.508 e. The molecule has 0 saturated carbocycles. The molecular weight excluding hydrogens is 222 g/mol. The minimum atomic E-state index is 0. The highest BCUT2D eigenvalue weighted by atomic mass is 35.5. The van der Waals surface area contributed by atoms with Crippen LogP contribution < -0.4 is 5.73 Å². The third kappa shape index (κ3) is 8.57. The fourth-order valence-electron chi connectivity index (χ4n) is 1.01. The van der Waals surface area contributed by atoms with Crippen molar-refractivity contribution >= 4 is 11.6 Å². The molecule has 0 amide bonds. The molecule has 0 aliphatic rings. The molecule has 0 unspecified atom stereocenters. The standard InChI is InChI=1S/C7H7ClO.C5H13N.CH4/c1-5-2-6(8)4-7(9)3-5;1-3-5(6)4-2;/h2-4,9H,1H3;5H,3-4,6H2,1-2H3;1H4. The number of aromatic hydroxyl groups is 1. The second kappa shape index (κ2) is 9.49. The molecule has 0 radical (unpaired) electrons. The van der Waals surface area contributed by atoms with Gasteiger partial charge in [-0.3, -0.25) is 0 Å². The summed E-state index contributed by atoms with van der Waals surface area (Å²) in [7, 11) is 0. The maximum atomic E-state index is 8.91. The van der Waals surface area contributed by atoms with Crippen LogP contribution in [0.25, 0.3) is 0 Å². The Morgan fingerprint density at radius 2 is 1.75 bits per heavy atom. The van der Waals surface area contributed by atoms with Crippen molar-refractivity contribution in [3.8, 4) is 5.75 Å². The number of phenols is 1. The lowest BCUT2D eigenvalue weighted by atomic mass is 10.2. The van der Waals surface area contributed by atoms with Crippen LogP contribution in [-0.2, 0) is 0 Å². The maximum absolute atomic E-state index is 8.91. The summed E-state index contributed by atoms with van der Waals surface area (Å²) < 4.78 is 0. The molecule has 1 rings (SSSR count). The Balaban J connectivity index is 0. The van der Waals surface area contributed by atoms with E-state index >= 15 is 0 Å². The van der Waals surface area contributed by atoms with E-state index in [1.165, 1.54) is 6.07 Å². The van der Waals surface area contributed by atoms with Gasteiger partial charge < -0.3 is 10.8 Å². The Labute approximate surface area is 104 Å². The van der Waals surface area contributed by atoms with Gasteiger partial charge in [0.2, 0.25) is 0 Å². The van der Waals surface area contributed by atoms with Crippen molar-refractivity contribution in [3.63, 3.8) is 0 Å². The summed E-state index contributed by atoms with van der Waals surface area (Å²) in [5.41, 5.74) is 6.44. The molecular formula is C13H24ClNO. The highest BCUT2D eigenvalue weighted by Crippen LogP contribution is 2.18. The fourth-order valence-corrected chi connectivity index (χ4v) is 1.29. The van der Waals surface area contributed by atoms with E-state index in [4.69, 9.17) is 22.4 Å². The summed E-state index contributed by atoms with van der Waals surface area (Å²) in [5, 5.41) is 9.49. The zero-order valence-corrected chi connectivity index (χ0v) is 10.4. The first-order chi connectivity index (χ1) is 6.99. The Kier molecular flexibility index (Phi) is 10.5. The lowest BCUT2D eigenvalue weighted by Gasteiger charge is -1.99. The zero-order valence-electron chi connectivity index (χ0n) is 9.63. The molecule has 0 saturated heterocycles. The monoisotopic (exact) mass is 245 g/mol. The Hall–Kier alpha value is -0.730. The molecule has 0 spiro atoms. The molecule has 3 heteroatoms. The molecule has 3 N–H and O–H groups in total. The number of halogens is 1. The first kappa shape index (κ1) is 17.7. The fraction of sp³-hybridized carbons (Fsp3) is 0.538. The molecule has 1 aromatic carbocycles. The van der Waals surface area contributed by atoms with E-state index in [2.05, 4.69) is 13.8 Å². The number of hydrogen-bond acceptors (Lipinski definition) is 2. The van der Waals surface area contributed by atoms with Gasteiger partial charge in [-0.2, -0.15) is 0 Å². The smallest absolute Gasteiger partial charge is 0.117 e. The molecule has 2 nitrogen and oxygen atoms in total. The predicted octanol–water partition coefficient (Wildman–Crippen LogP) is 4.12. The second-order valence-electron chi connectivity index (χ2n) is 3.56. The normalized spacial score (nSPS) is 9.12. The van der Waals surface area contributed by atoms with Crippen molar-refractivity contribution in [1.29, 1.82) is 0 Å². The van der Waals surface area contributed by atoms with Gasteiger partial charge in [0.15, 0.2) is 0 Å².